The van der Waals surface area contributed by atoms with Crippen molar-refractivity contribution in [2.45, 2.75) is 25.7 Å². The molecule has 102 valence electrons. The Morgan fingerprint density at radius 1 is 1.47 bits per heavy atom. The highest BCUT2D eigenvalue weighted by Gasteiger charge is 2.39. The Balaban J connectivity index is 1.74. The van der Waals surface area contributed by atoms with Gasteiger partial charge in [0.15, 0.2) is 0 Å². The fourth-order valence-electron chi connectivity index (χ4n) is 3.95. The second-order valence-corrected chi connectivity index (χ2v) is 6.10. The van der Waals surface area contributed by atoms with E-state index in [1.807, 2.05) is 12.1 Å². The van der Waals surface area contributed by atoms with Crippen molar-refractivity contribution < 1.29 is 0 Å². The summed E-state index contributed by atoms with van der Waals surface area (Å²) in [6.45, 7) is 1.04. The zero-order valence-corrected chi connectivity index (χ0v) is 11.5. The van der Waals surface area contributed by atoms with E-state index in [9.17, 15) is 0 Å². The topological polar surface area (TPSA) is 66.0 Å². The Bertz CT molecular complexity index is 485. The van der Waals surface area contributed by atoms with Gasteiger partial charge in [-0.25, -0.2) is 4.98 Å². The number of fused-ring (bicyclic) bond motifs is 2. The van der Waals surface area contributed by atoms with Gasteiger partial charge in [-0.15, -0.1) is 0 Å². The maximum absolute atomic E-state index is 7.65. The number of nitrogens with one attached hydrogen (secondary N) is 1. The fourth-order valence-corrected chi connectivity index (χ4v) is 3.95. The van der Waals surface area contributed by atoms with Crippen LogP contribution >= 0.6 is 0 Å². The van der Waals surface area contributed by atoms with Crippen molar-refractivity contribution in [1.29, 1.82) is 5.41 Å². The lowest BCUT2D eigenvalue weighted by molar-refractivity contribution is 0.337. The van der Waals surface area contributed by atoms with Crippen molar-refractivity contribution in [2.75, 3.05) is 18.5 Å². The molecule has 2 aliphatic carbocycles. The molecule has 1 aromatic rings. The van der Waals surface area contributed by atoms with E-state index < -0.39 is 0 Å². The lowest BCUT2D eigenvalue weighted by Gasteiger charge is -2.28. The molecule has 3 N–H and O–H groups in total. The molecule has 0 spiro atoms. The third kappa shape index (κ3) is 2.31. The first-order valence-corrected chi connectivity index (χ1v) is 7.15. The van der Waals surface area contributed by atoms with Crippen molar-refractivity contribution in [3.05, 3.63) is 23.9 Å². The number of aromatic nitrogens is 1. The SMILES string of the molecule is CN(CC1CC2CCC1C2)c1ncccc1C(=N)N. The molecule has 0 aromatic carbocycles. The number of hydrogen-bond donors (Lipinski definition) is 2. The standard InChI is InChI=1S/C15H22N4/c1-19(9-12-8-10-4-5-11(12)7-10)15-13(14(16)17)3-2-6-18-15/h2-3,6,10-12H,4-5,7-9H2,1H3,(H3,16,17). The smallest absolute Gasteiger partial charge is 0.139 e. The minimum Gasteiger partial charge on any atom is -0.384 e. The van der Waals surface area contributed by atoms with Gasteiger partial charge in [0.2, 0.25) is 0 Å². The van der Waals surface area contributed by atoms with E-state index >= 15 is 0 Å². The zero-order chi connectivity index (χ0) is 13.4. The van der Waals surface area contributed by atoms with Gasteiger partial charge in [-0.2, -0.15) is 0 Å². The van der Waals surface area contributed by atoms with Gasteiger partial charge in [0.1, 0.15) is 11.7 Å². The maximum Gasteiger partial charge on any atom is 0.139 e. The van der Waals surface area contributed by atoms with E-state index in [1.165, 1.54) is 25.7 Å². The van der Waals surface area contributed by atoms with Gasteiger partial charge >= 0.3 is 0 Å². The summed E-state index contributed by atoms with van der Waals surface area (Å²) in [5.74, 6) is 3.63. The normalized spacial score (nSPS) is 28.6. The molecule has 2 fully saturated rings. The predicted octanol–water partition coefficient (Wildman–Crippen LogP) is 2.24. The van der Waals surface area contributed by atoms with Crippen LogP contribution in [0, 0.1) is 23.2 Å². The molecular formula is C15H22N4. The van der Waals surface area contributed by atoms with Crippen molar-refractivity contribution in [3.63, 3.8) is 0 Å². The minimum absolute atomic E-state index is 0.0999. The molecule has 1 aromatic heterocycles. The third-order valence-electron chi connectivity index (χ3n) is 4.83. The van der Waals surface area contributed by atoms with Gasteiger partial charge in [-0.1, -0.05) is 6.42 Å². The molecule has 3 atom stereocenters. The summed E-state index contributed by atoms with van der Waals surface area (Å²) in [5, 5.41) is 7.65. The molecule has 3 unspecified atom stereocenters. The Hall–Kier alpha value is -1.58. The van der Waals surface area contributed by atoms with Crippen LogP contribution in [0.5, 0.6) is 0 Å². The van der Waals surface area contributed by atoms with E-state index in [0.717, 1.165) is 35.7 Å². The molecule has 2 aliphatic rings. The largest absolute Gasteiger partial charge is 0.384 e. The van der Waals surface area contributed by atoms with Crippen molar-refractivity contribution >= 4 is 11.7 Å². The number of anilines is 1. The first-order valence-electron chi connectivity index (χ1n) is 7.15. The average molecular weight is 258 g/mol. The van der Waals surface area contributed by atoms with E-state index in [4.69, 9.17) is 11.1 Å². The van der Waals surface area contributed by atoms with Gasteiger partial charge < -0.3 is 10.6 Å². The number of hydrogen-bond acceptors (Lipinski definition) is 3. The number of nitrogens with zero attached hydrogens (tertiary/aromatic N) is 2. The fraction of sp³-hybridized carbons (Fsp3) is 0.600. The van der Waals surface area contributed by atoms with Crippen LogP contribution in [0.15, 0.2) is 18.3 Å². The number of rotatable bonds is 4. The van der Waals surface area contributed by atoms with Crippen LogP contribution in [0.4, 0.5) is 5.82 Å². The van der Waals surface area contributed by atoms with Crippen LogP contribution in [-0.4, -0.2) is 24.4 Å². The van der Waals surface area contributed by atoms with E-state index in [2.05, 4.69) is 16.9 Å². The molecule has 2 saturated carbocycles. The second kappa shape index (κ2) is 4.83. The highest BCUT2D eigenvalue weighted by atomic mass is 15.2. The van der Waals surface area contributed by atoms with Crippen molar-refractivity contribution in [3.8, 4) is 0 Å². The van der Waals surface area contributed by atoms with Gasteiger partial charge in [0, 0.05) is 19.8 Å². The number of amidine groups is 1. The lowest BCUT2D eigenvalue weighted by atomic mass is 9.88. The van der Waals surface area contributed by atoms with E-state index in [0.29, 0.717) is 0 Å². The number of pyridine rings is 1. The first-order chi connectivity index (χ1) is 9.15. The molecule has 19 heavy (non-hydrogen) atoms. The molecule has 0 aliphatic heterocycles. The lowest BCUT2D eigenvalue weighted by Crippen LogP contribution is -2.31. The van der Waals surface area contributed by atoms with Gasteiger partial charge in [-0.3, -0.25) is 5.41 Å². The first kappa shape index (κ1) is 12.5. The summed E-state index contributed by atoms with van der Waals surface area (Å²) in [4.78, 5) is 6.59. The van der Waals surface area contributed by atoms with Crippen molar-refractivity contribution in [1.82, 2.24) is 4.98 Å². The summed E-state index contributed by atoms with van der Waals surface area (Å²) in [6, 6.07) is 3.72. The number of nitrogen functional groups attached to an aromatic ring is 1. The Labute approximate surface area is 114 Å². The average Bonchev–Trinajstić information content (AvgIpc) is 3.01. The molecule has 1 heterocycles. The second-order valence-electron chi connectivity index (χ2n) is 6.10. The van der Waals surface area contributed by atoms with Crippen LogP contribution in [0.1, 0.15) is 31.2 Å². The van der Waals surface area contributed by atoms with Gasteiger partial charge in [0.25, 0.3) is 0 Å². The molecule has 2 bridgehead atoms. The van der Waals surface area contributed by atoms with Crippen LogP contribution in [-0.2, 0) is 0 Å². The van der Waals surface area contributed by atoms with Crippen LogP contribution < -0.4 is 10.6 Å². The molecule has 0 radical (unpaired) electrons. The molecule has 0 saturated heterocycles. The summed E-state index contributed by atoms with van der Waals surface area (Å²) in [6.07, 6.45) is 7.43. The molecule has 0 amide bonds. The molecule has 4 heteroatoms. The maximum atomic E-state index is 7.65. The van der Waals surface area contributed by atoms with Crippen molar-refractivity contribution in [2.24, 2.45) is 23.5 Å². The van der Waals surface area contributed by atoms with E-state index in [-0.39, 0.29) is 5.84 Å². The molecule has 3 rings (SSSR count). The van der Waals surface area contributed by atoms with Crippen LogP contribution in [0.2, 0.25) is 0 Å². The molecular weight excluding hydrogens is 236 g/mol. The Morgan fingerprint density at radius 3 is 2.95 bits per heavy atom. The Kier molecular flexibility index (Phi) is 3.17. The highest BCUT2D eigenvalue weighted by molar-refractivity contribution is 5.99. The molecule has 4 nitrogen and oxygen atoms in total. The third-order valence-corrected chi connectivity index (χ3v) is 4.83. The zero-order valence-electron chi connectivity index (χ0n) is 11.5. The Morgan fingerprint density at radius 2 is 2.32 bits per heavy atom. The summed E-state index contributed by atoms with van der Waals surface area (Å²) >= 11 is 0. The predicted molar refractivity (Wildman–Crippen MR) is 77.5 cm³/mol. The number of nitrogens with two attached hydrogens (primary N) is 1. The van der Waals surface area contributed by atoms with Crippen LogP contribution in [0.25, 0.3) is 0 Å². The minimum atomic E-state index is 0.0999. The van der Waals surface area contributed by atoms with Crippen LogP contribution in [0.3, 0.4) is 0 Å². The summed E-state index contributed by atoms with van der Waals surface area (Å²) in [5.41, 5.74) is 6.38. The summed E-state index contributed by atoms with van der Waals surface area (Å²) in [7, 11) is 2.07. The highest BCUT2D eigenvalue weighted by Crippen LogP contribution is 2.48. The van der Waals surface area contributed by atoms with E-state index in [1.54, 1.807) is 6.20 Å². The monoisotopic (exact) mass is 258 g/mol. The summed E-state index contributed by atoms with van der Waals surface area (Å²) < 4.78 is 0. The quantitative estimate of drug-likeness (QED) is 0.643. The van der Waals surface area contributed by atoms with Gasteiger partial charge in [0.05, 0.1) is 5.56 Å². The van der Waals surface area contributed by atoms with Gasteiger partial charge in [-0.05, 0) is 49.1 Å².